The maximum absolute atomic E-state index is 12.4. The lowest BCUT2D eigenvalue weighted by Gasteiger charge is -2.12. The fourth-order valence-corrected chi connectivity index (χ4v) is 5.22. The van der Waals surface area contributed by atoms with Gasteiger partial charge in [0.15, 0.2) is 5.70 Å². The first-order valence-corrected chi connectivity index (χ1v) is 12.2. The fraction of sp³-hybridized carbons (Fsp3) is 0.0833. The van der Waals surface area contributed by atoms with Crippen molar-refractivity contribution in [1.82, 2.24) is 0 Å². The summed E-state index contributed by atoms with van der Waals surface area (Å²) in [7, 11) is 0. The second-order valence-corrected chi connectivity index (χ2v) is 9.90. The summed E-state index contributed by atoms with van der Waals surface area (Å²) in [5.41, 5.74) is 2.47. The van der Waals surface area contributed by atoms with E-state index in [4.69, 9.17) is 9.47 Å². The first-order valence-electron chi connectivity index (χ1n) is 9.86. The smallest absolute Gasteiger partial charge is 0.363 e. The monoisotopic (exact) mass is 648 g/mol. The Morgan fingerprint density at radius 2 is 1.79 bits per heavy atom. The molecule has 10 heteroatoms. The van der Waals surface area contributed by atoms with Crippen molar-refractivity contribution in [1.29, 1.82) is 0 Å². The molecule has 172 valence electrons. The van der Waals surface area contributed by atoms with Crippen molar-refractivity contribution in [2.75, 3.05) is 0 Å². The van der Waals surface area contributed by atoms with Crippen molar-refractivity contribution in [3.63, 3.8) is 0 Å². The summed E-state index contributed by atoms with van der Waals surface area (Å²) in [6.45, 7) is 1.96. The standard InChI is InChI=1S/C24H15Br3N2O5/c1-13-17(6-3-7-21(13)29(31)32)23-28-20(24(30)34-23)11-15-9-18(26)22(19(27)10-15)33-12-14-4-2-5-16(25)8-14/h2-11H,12H2,1H3/b20-11-. The zero-order valence-electron chi connectivity index (χ0n) is 17.6. The van der Waals surface area contributed by atoms with Crippen LogP contribution in [0, 0.1) is 17.0 Å². The van der Waals surface area contributed by atoms with Crippen molar-refractivity contribution in [2.24, 2.45) is 4.99 Å². The number of aliphatic imine (C=N–C) groups is 1. The van der Waals surface area contributed by atoms with Gasteiger partial charge in [0, 0.05) is 21.7 Å². The molecule has 0 unspecified atom stereocenters. The van der Waals surface area contributed by atoms with E-state index >= 15 is 0 Å². The number of carbonyl (C=O) groups excluding carboxylic acids is 1. The van der Waals surface area contributed by atoms with Gasteiger partial charge < -0.3 is 9.47 Å². The fourth-order valence-electron chi connectivity index (χ4n) is 3.32. The molecule has 0 amide bonds. The Balaban J connectivity index is 1.59. The van der Waals surface area contributed by atoms with Gasteiger partial charge in [-0.15, -0.1) is 0 Å². The van der Waals surface area contributed by atoms with E-state index in [0.29, 0.717) is 38.0 Å². The zero-order chi connectivity index (χ0) is 24.4. The highest BCUT2D eigenvalue weighted by atomic mass is 79.9. The molecule has 3 aromatic carbocycles. The molecule has 3 aromatic rings. The second kappa shape index (κ2) is 10.2. The average Bonchev–Trinajstić information content (AvgIpc) is 3.13. The molecule has 0 radical (unpaired) electrons. The summed E-state index contributed by atoms with van der Waals surface area (Å²) >= 11 is 10.5. The maximum Gasteiger partial charge on any atom is 0.363 e. The van der Waals surface area contributed by atoms with E-state index in [1.807, 2.05) is 24.3 Å². The van der Waals surface area contributed by atoms with Crippen molar-refractivity contribution in [2.45, 2.75) is 13.5 Å². The highest BCUT2D eigenvalue weighted by Gasteiger charge is 2.27. The third-order valence-corrected chi connectivity index (χ3v) is 6.62. The quantitative estimate of drug-likeness (QED) is 0.123. The van der Waals surface area contributed by atoms with Gasteiger partial charge >= 0.3 is 5.97 Å². The SMILES string of the molecule is Cc1c(C2=N/C(=C\c3cc(Br)c(OCc4cccc(Br)c4)c(Br)c3)C(=O)O2)cccc1[N+](=O)[O-]. The Hall–Kier alpha value is -2.82. The lowest BCUT2D eigenvalue weighted by atomic mass is 10.1. The molecule has 0 atom stereocenters. The lowest BCUT2D eigenvalue weighted by molar-refractivity contribution is -0.385. The lowest BCUT2D eigenvalue weighted by Crippen LogP contribution is -2.08. The van der Waals surface area contributed by atoms with Crippen molar-refractivity contribution in [3.05, 3.63) is 106 Å². The number of hydrogen-bond donors (Lipinski definition) is 0. The van der Waals surface area contributed by atoms with E-state index in [-0.39, 0.29) is 17.3 Å². The molecule has 1 aliphatic rings. The molecule has 1 aliphatic heterocycles. The topological polar surface area (TPSA) is 91.0 Å². The third-order valence-electron chi connectivity index (χ3n) is 4.95. The largest absolute Gasteiger partial charge is 0.487 e. The minimum atomic E-state index is -0.636. The van der Waals surface area contributed by atoms with E-state index in [2.05, 4.69) is 52.8 Å². The van der Waals surface area contributed by atoms with E-state index in [9.17, 15) is 14.9 Å². The van der Waals surface area contributed by atoms with Crippen LogP contribution < -0.4 is 4.74 Å². The molecule has 0 saturated carbocycles. The van der Waals surface area contributed by atoms with Gasteiger partial charge in [0.2, 0.25) is 5.90 Å². The number of nitro benzene ring substituents is 1. The van der Waals surface area contributed by atoms with Crippen LogP contribution in [-0.4, -0.2) is 16.8 Å². The van der Waals surface area contributed by atoms with Gasteiger partial charge in [-0.2, -0.15) is 0 Å². The number of halogens is 3. The van der Waals surface area contributed by atoms with Crippen molar-refractivity contribution in [3.8, 4) is 5.75 Å². The molecular formula is C24H15Br3N2O5. The first-order chi connectivity index (χ1) is 16.2. The number of rotatable bonds is 6. The van der Waals surface area contributed by atoms with Gasteiger partial charge in [0.25, 0.3) is 5.69 Å². The van der Waals surface area contributed by atoms with E-state index < -0.39 is 10.9 Å². The van der Waals surface area contributed by atoms with E-state index in [1.165, 1.54) is 12.1 Å². The molecule has 0 fully saturated rings. The molecule has 0 aromatic heterocycles. The van der Waals surface area contributed by atoms with Crippen LogP contribution >= 0.6 is 47.8 Å². The van der Waals surface area contributed by atoms with E-state index in [1.54, 1.807) is 31.2 Å². The van der Waals surface area contributed by atoms with Crippen LogP contribution in [0.25, 0.3) is 6.08 Å². The number of hydrogen-bond acceptors (Lipinski definition) is 6. The molecule has 0 aliphatic carbocycles. The predicted octanol–water partition coefficient (Wildman–Crippen LogP) is 7.11. The van der Waals surface area contributed by atoms with Gasteiger partial charge in [-0.3, -0.25) is 10.1 Å². The number of nitro groups is 1. The molecule has 4 rings (SSSR count). The molecule has 0 N–H and O–H groups in total. The van der Waals surface area contributed by atoms with Gasteiger partial charge in [0.05, 0.1) is 13.9 Å². The summed E-state index contributed by atoms with van der Waals surface area (Å²) < 4.78 is 13.6. The number of carbonyl (C=O) groups is 1. The maximum atomic E-state index is 12.4. The molecule has 7 nitrogen and oxygen atoms in total. The molecule has 1 heterocycles. The van der Waals surface area contributed by atoms with Crippen LogP contribution in [-0.2, 0) is 16.1 Å². The van der Waals surface area contributed by atoms with Crippen molar-refractivity contribution >= 4 is 71.4 Å². The highest BCUT2D eigenvalue weighted by Crippen LogP contribution is 2.36. The van der Waals surface area contributed by atoms with E-state index in [0.717, 1.165) is 10.0 Å². The number of ether oxygens (including phenoxy) is 2. The van der Waals surface area contributed by atoms with Crippen molar-refractivity contribution < 1.29 is 19.2 Å². The summed E-state index contributed by atoms with van der Waals surface area (Å²) in [4.78, 5) is 27.4. The van der Waals surface area contributed by atoms with Gasteiger partial charge in [-0.1, -0.05) is 34.1 Å². The normalized spacial score (nSPS) is 14.2. The number of esters is 1. The summed E-state index contributed by atoms with van der Waals surface area (Å²) in [5.74, 6) is 0.0141. The summed E-state index contributed by atoms with van der Waals surface area (Å²) in [6, 6.07) is 16.0. The first kappa shape index (κ1) is 24.3. The zero-order valence-corrected chi connectivity index (χ0v) is 22.3. The Morgan fingerprint density at radius 1 is 1.09 bits per heavy atom. The van der Waals surface area contributed by atoms with Crippen LogP contribution in [0.15, 0.2) is 78.7 Å². The minimum Gasteiger partial charge on any atom is -0.487 e. The Labute approximate surface area is 220 Å². The molecule has 0 saturated heterocycles. The third kappa shape index (κ3) is 5.29. The Bertz CT molecular complexity index is 1360. The highest BCUT2D eigenvalue weighted by molar-refractivity contribution is 9.11. The molecular weight excluding hydrogens is 636 g/mol. The minimum absolute atomic E-state index is 0.0320. The second-order valence-electron chi connectivity index (χ2n) is 7.28. The van der Waals surface area contributed by atoms with Crippen LogP contribution in [0.4, 0.5) is 5.69 Å². The number of benzene rings is 3. The molecule has 0 bridgehead atoms. The molecule has 34 heavy (non-hydrogen) atoms. The van der Waals surface area contributed by atoms with Crippen LogP contribution in [0.3, 0.4) is 0 Å². The number of cyclic esters (lactones) is 1. The summed E-state index contributed by atoms with van der Waals surface area (Å²) in [5, 5.41) is 11.2. The van der Waals surface area contributed by atoms with Gasteiger partial charge in [0.1, 0.15) is 12.4 Å². The van der Waals surface area contributed by atoms with Crippen LogP contribution in [0.5, 0.6) is 5.75 Å². The molecule has 0 spiro atoms. The van der Waals surface area contributed by atoms with Crippen LogP contribution in [0.1, 0.15) is 22.3 Å². The number of nitrogens with zero attached hydrogens (tertiary/aromatic N) is 2. The Morgan fingerprint density at radius 3 is 2.47 bits per heavy atom. The van der Waals surface area contributed by atoms with Crippen LogP contribution in [0.2, 0.25) is 0 Å². The van der Waals surface area contributed by atoms with Gasteiger partial charge in [-0.05, 0) is 86.3 Å². The Kier molecular flexibility index (Phi) is 7.30. The van der Waals surface area contributed by atoms with Gasteiger partial charge in [-0.25, -0.2) is 9.79 Å². The average molecular weight is 651 g/mol. The summed E-state index contributed by atoms with van der Waals surface area (Å²) in [6.07, 6.45) is 1.58. The predicted molar refractivity (Wildman–Crippen MR) is 139 cm³/mol.